The molecule has 0 heterocycles. The summed E-state index contributed by atoms with van der Waals surface area (Å²) in [6.07, 6.45) is 0. The van der Waals surface area contributed by atoms with Crippen molar-refractivity contribution in [3.05, 3.63) is 0 Å². The van der Waals surface area contributed by atoms with Gasteiger partial charge in [0.1, 0.15) is 0 Å². The summed E-state index contributed by atoms with van der Waals surface area (Å²) in [6, 6.07) is 0.660. The van der Waals surface area contributed by atoms with Gasteiger partial charge in [0.15, 0.2) is 0 Å². The van der Waals surface area contributed by atoms with E-state index in [1.165, 1.54) is 19.6 Å². The molecular formula is C11H26N2. The lowest BCUT2D eigenvalue weighted by molar-refractivity contribution is 0.214. The number of likely N-dealkylation sites (N-methyl/N-ethyl adjacent to an activating group) is 2. The maximum atomic E-state index is 2.41. The third kappa shape index (κ3) is 7.03. The van der Waals surface area contributed by atoms with Gasteiger partial charge in [-0.05, 0) is 33.9 Å². The molecule has 0 amide bonds. The molecule has 0 aromatic heterocycles. The molecule has 0 aliphatic rings. The normalized spacial score (nSPS) is 12.5. The standard InChI is InChI=1S/C11H26N2/c1-10(2)9-12(5)7-8-13(6)11(3)4/h10-11H,7-9H2,1-6H3. The zero-order valence-corrected chi connectivity index (χ0v) is 10.2. The molecule has 0 rings (SSSR count). The van der Waals surface area contributed by atoms with Crippen molar-refractivity contribution in [2.75, 3.05) is 33.7 Å². The van der Waals surface area contributed by atoms with E-state index in [1.807, 2.05) is 0 Å². The van der Waals surface area contributed by atoms with Crippen LogP contribution in [0.15, 0.2) is 0 Å². The molecule has 2 heteroatoms. The van der Waals surface area contributed by atoms with E-state index in [2.05, 4.69) is 51.6 Å². The molecule has 0 bridgehead atoms. The topological polar surface area (TPSA) is 6.48 Å². The second-order valence-corrected chi connectivity index (χ2v) is 4.73. The van der Waals surface area contributed by atoms with Gasteiger partial charge in [0.25, 0.3) is 0 Å². The van der Waals surface area contributed by atoms with E-state index in [0.717, 1.165) is 5.92 Å². The van der Waals surface area contributed by atoms with Crippen LogP contribution in [-0.4, -0.2) is 49.6 Å². The lowest BCUT2D eigenvalue weighted by atomic mass is 10.2. The van der Waals surface area contributed by atoms with E-state index in [0.29, 0.717) is 6.04 Å². The predicted molar refractivity (Wildman–Crippen MR) is 60.1 cm³/mol. The molecule has 0 aromatic rings. The first-order valence-electron chi connectivity index (χ1n) is 5.32. The molecule has 0 saturated heterocycles. The maximum Gasteiger partial charge on any atom is 0.0109 e. The molecule has 2 nitrogen and oxygen atoms in total. The van der Waals surface area contributed by atoms with Crippen molar-refractivity contribution in [1.29, 1.82) is 0 Å². The van der Waals surface area contributed by atoms with E-state index in [4.69, 9.17) is 0 Å². The van der Waals surface area contributed by atoms with Crippen LogP contribution in [-0.2, 0) is 0 Å². The monoisotopic (exact) mass is 186 g/mol. The van der Waals surface area contributed by atoms with Crippen LogP contribution in [0.5, 0.6) is 0 Å². The third-order valence-electron chi connectivity index (χ3n) is 2.39. The van der Waals surface area contributed by atoms with Crippen LogP contribution in [0.3, 0.4) is 0 Å². The van der Waals surface area contributed by atoms with Crippen LogP contribution >= 0.6 is 0 Å². The quantitative estimate of drug-likeness (QED) is 0.625. The fourth-order valence-electron chi connectivity index (χ4n) is 1.30. The Morgan fingerprint density at radius 3 is 1.85 bits per heavy atom. The average molecular weight is 186 g/mol. The van der Waals surface area contributed by atoms with Gasteiger partial charge in [0.2, 0.25) is 0 Å². The second-order valence-electron chi connectivity index (χ2n) is 4.73. The molecule has 13 heavy (non-hydrogen) atoms. The highest BCUT2D eigenvalue weighted by Gasteiger charge is 2.05. The molecule has 0 unspecified atom stereocenters. The van der Waals surface area contributed by atoms with Crippen molar-refractivity contribution >= 4 is 0 Å². The van der Waals surface area contributed by atoms with Crippen molar-refractivity contribution in [2.24, 2.45) is 5.92 Å². The fraction of sp³-hybridized carbons (Fsp3) is 1.00. The van der Waals surface area contributed by atoms with Gasteiger partial charge in [0, 0.05) is 25.7 Å². The summed E-state index contributed by atoms with van der Waals surface area (Å²) in [7, 11) is 4.39. The largest absolute Gasteiger partial charge is 0.305 e. The zero-order chi connectivity index (χ0) is 10.4. The van der Waals surface area contributed by atoms with Crippen LogP contribution in [0.2, 0.25) is 0 Å². The molecule has 0 radical (unpaired) electrons. The van der Waals surface area contributed by atoms with Gasteiger partial charge in [-0.25, -0.2) is 0 Å². The Labute approximate surface area is 83.9 Å². The van der Waals surface area contributed by atoms with Gasteiger partial charge in [-0.1, -0.05) is 13.8 Å². The fourth-order valence-corrected chi connectivity index (χ4v) is 1.30. The lowest BCUT2D eigenvalue weighted by Gasteiger charge is -2.25. The number of rotatable bonds is 6. The van der Waals surface area contributed by atoms with E-state index >= 15 is 0 Å². The SMILES string of the molecule is CC(C)CN(C)CCN(C)C(C)C. The van der Waals surface area contributed by atoms with Crippen molar-refractivity contribution in [3.8, 4) is 0 Å². The molecule has 0 atom stereocenters. The maximum absolute atomic E-state index is 2.41. The molecule has 0 N–H and O–H groups in total. The summed E-state index contributed by atoms with van der Waals surface area (Å²) < 4.78 is 0. The third-order valence-corrected chi connectivity index (χ3v) is 2.39. The number of hydrogen-bond donors (Lipinski definition) is 0. The average Bonchev–Trinajstić information content (AvgIpc) is 1.98. The summed E-state index contributed by atoms with van der Waals surface area (Å²) in [5, 5.41) is 0. The first-order chi connectivity index (χ1) is 5.93. The van der Waals surface area contributed by atoms with Gasteiger partial charge < -0.3 is 9.80 Å². The highest BCUT2D eigenvalue weighted by molar-refractivity contribution is 4.61. The van der Waals surface area contributed by atoms with Crippen molar-refractivity contribution in [3.63, 3.8) is 0 Å². The molecule has 0 fully saturated rings. The first kappa shape index (κ1) is 12.9. The molecule has 0 aliphatic carbocycles. The second kappa shape index (κ2) is 6.39. The Kier molecular flexibility index (Phi) is 6.35. The highest BCUT2D eigenvalue weighted by Crippen LogP contribution is 1.97. The van der Waals surface area contributed by atoms with E-state index < -0.39 is 0 Å². The van der Waals surface area contributed by atoms with Crippen LogP contribution in [0.4, 0.5) is 0 Å². The Morgan fingerprint density at radius 1 is 0.923 bits per heavy atom. The van der Waals surface area contributed by atoms with Gasteiger partial charge >= 0.3 is 0 Å². The molecule has 0 spiro atoms. The van der Waals surface area contributed by atoms with Crippen LogP contribution < -0.4 is 0 Å². The van der Waals surface area contributed by atoms with Crippen molar-refractivity contribution in [2.45, 2.75) is 33.7 Å². The van der Waals surface area contributed by atoms with Gasteiger partial charge in [-0.2, -0.15) is 0 Å². The molecule has 0 aliphatic heterocycles. The Balaban J connectivity index is 3.51. The van der Waals surface area contributed by atoms with Crippen LogP contribution in [0.25, 0.3) is 0 Å². The highest BCUT2D eigenvalue weighted by atomic mass is 15.2. The Hall–Kier alpha value is -0.0800. The number of hydrogen-bond acceptors (Lipinski definition) is 2. The predicted octanol–water partition coefficient (Wildman–Crippen LogP) is 1.91. The first-order valence-corrected chi connectivity index (χ1v) is 5.32. The summed E-state index contributed by atoms with van der Waals surface area (Å²) in [6.45, 7) is 12.6. The minimum atomic E-state index is 0.660. The smallest absolute Gasteiger partial charge is 0.0109 e. The van der Waals surface area contributed by atoms with Crippen LogP contribution in [0.1, 0.15) is 27.7 Å². The lowest BCUT2D eigenvalue weighted by Crippen LogP contribution is -2.35. The minimum Gasteiger partial charge on any atom is -0.305 e. The Morgan fingerprint density at radius 2 is 1.46 bits per heavy atom. The summed E-state index contributed by atoms with van der Waals surface area (Å²) >= 11 is 0. The van der Waals surface area contributed by atoms with Gasteiger partial charge in [-0.3, -0.25) is 0 Å². The molecule has 0 aromatic carbocycles. The minimum absolute atomic E-state index is 0.660. The molecular weight excluding hydrogens is 160 g/mol. The Bertz CT molecular complexity index is 121. The van der Waals surface area contributed by atoms with Crippen molar-refractivity contribution in [1.82, 2.24) is 9.80 Å². The van der Waals surface area contributed by atoms with Gasteiger partial charge in [0.05, 0.1) is 0 Å². The summed E-state index contributed by atoms with van der Waals surface area (Å²) in [4.78, 5) is 4.79. The molecule has 0 saturated carbocycles. The molecule has 80 valence electrons. The van der Waals surface area contributed by atoms with E-state index in [9.17, 15) is 0 Å². The zero-order valence-electron chi connectivity index (χ0n) is 10.2. The van der Waals surface area contributed by atoms with Gasteiger partial charge in [-0.15, -0.1) is 0 Å². The van der Waals surface area contributed by atoms with E-state index in [1.54, 1.807) is 0 Å². The van der Waals surface area contributed by atoms with Crippen LogP contribution in [0, 0.1) is 5.92 Å². The van der Waals surface area contributed by atoms with Crippen molar-refractivity contribution < 1.29 is 0 Å². The number of nitrogens with zero attached hydrogens (tertiary/aromatic N) is 2. The summed E-state index contributed by atoms with van der Waals surface area (Å²) in [5.74, 6) is 0.773. The summed E-state index contributed by atoms with van der Waals surface area (Å²) in [5.41, 5.74) is 0. The van der Waals surface area contributed by atoms with E-state index in [-0.39, 0.29) is 0 Å².